The van der Waals surface area contributed by atoms with Crippen LogP contribution in [-0.2, 0) is 23.1 Å². The summed E-state index contributed by atoms with van der Waals surface area (Å²) in [6, 6.07) is 0. The fourth-order valence-electron chi connectivity index (χ4n) is 3.43. The van der Waals surface area contributed by atoms with Crippen LogP contribution in [0.4, 0.5) is 0 Å². The summed E-state index contributed by atoms with van der Waals surface area (Å²) in [5, 5.41) is 0. The van der Waals surface area contributed by atoms with Gasteiger partial charge < -0.3 is 14.1 Å². The Kier molecular flexibility index (Phi) is 20.6. The highest BCUT2D eigenvalue weighted by Crippen LogP contribution is 2.43. The molecule has 0 saturated heterocycles. The molecular formula is C25H53NO6P+. The van der Waals surface area contributed by atoms with Gasteiger partial charge in [-0.3, -0.25) is 13.8 Å². The highest BCUT2D eigenvalue weighted by atomic mass is 31.2. The first-order valence-electron chi connectivity index (χ1n) is 13.2. The lowest BCUT2D eigenvalue weighted by Gasteiger charge is -2.24. The van der Waals surface area contributed by atoms with E-state index in [1.165, 1.54) is 77.0 Å². The molecule has 8 heteroatoms. The molecule has 1 unspecified atom stereocenters. The molecule has 0 radical (unpaired) electrons. The van der Waals surface area contributed by atoms with E-state index >= 15 is 0 Å². The Balaban J connectivity index is 3.40. The van der Waals surface area contributed by atoms with Crippen molar-refractivity contribution < 1.29 is 32.5 Å². The minimum Gasteiger partial charge on any atom is -0.466 e. The second-order valence-electron chi connectivity index (χ2n) is 10.1. The molecule has 33 heavy (non-hydrogen) atoms. The van der Waals surface area contributed by atoms with E-state index in [0.29, 0.717) is 23.9 Å². The van der Waals surface area contributed by atoms with Gasteiger partial charge in [0, 0.05) is 12.8 Å². The van der Waals surface area contributed by atoms with Crippen molar-refractivity contribution in [1.82, 2.24) is 0 Å². The number of nitrogens with zero attached hydrogens (tertiary/aromatic N) is 1. The topological polar surface area (TPSA) is 82.1 Å². The van der Waals surface area contributed by atoms with Gasteiger partial charge in [0.25, 0.3) is 0 Å². The van der Waals surface area contributed by atoms with Crippen LogP contribution >= 0.6 is 7.82 Å². The molecule has 0 aromatic rings. The molecule has 198 valence electrons. The van der Waals surface area contributed by atoms with Gasteiger partial charge in [0.15, 0.2) is 0 Å². The summed E-state index contributed by atoms with van der Waals surface area (Å²) in [6.07, 6.45) is 18.8. The molecule has 0 aliphatic carbocycles. The van der Waals surface area contributed by atoms with Gasteiger partial charge in [-0.25, -0.2) is 4.57 Å². The third kappa shape index (κ3) is 26.0. The van der Waals surface area contributed by atoms with Gasteiger partial charge in [0.1, 0.15) is 13.2 Å². The van der Waals surface area contributed by atoms with Crippen molar-refractivity contribution in [3.8, 4) is 0 Å². The van der Waals surface area contributed by atoms with E-state index in [0.717, 1.165) is 12.8 Å². The van der Waals surface area contributed by atoms with Crippen LogP contribution in [0.1, 0.15) is 110 Å². The maximum absolute atomic E-state index is 11.8. The first kappa shape index (κ1) is 32.5. The average Bonchev–Trinajstić information content (AvgIpc) is 2.72. The number of phosphoric ester groups is 1. The number of rotatable bonds is 24. The van der Waals surface area contributed by atoms with Gasteiger partial charge in [-0.15, -0.1) is 0 Å². The zero-order valence-corrected chi connectivity index (χ0v) is 22.9. The molecule has 0 aromatic carbocycles. The smallest absolute Gasteiger partial charge is 0.466 e. The SMILES string of the molecule is CCCCCCCCCCCCCCCCC(=O)OCCCOP(=O)(O)OCC[N+](C)(C)C. The second-order valence-corrected chi connectivity index (χ2v) is 11.5. The molecule has 0 fully saturated rings. The molecule has 0 amide bonds. The molecule has 0 aliphatic rings. The van der Waals surface area contributed by atoms with E-state index in [1.807, 2.05) is 21.1 Å². The Morgan fingerprint density at radius 1 is 0.697 bits per heavy atom. The molecule has 1 N–H and O–H groups in total. The van der Waals surface area contributed by atoms with E-state index < -0.39 is 7.82 Å². The van der Waals surface area contributed by atoms with E-state index in [1.54, 1.807) is 0 Å². The molecule has 1 atom stereocenters. The predicted molar refractivity (Wildman–Crippen MR) is 135 cm³/mol. The summed E-state index contributed by atoms with van der Waals surface area (Å²) < 4.78 is 27.4. The number of ether oxygens (including phenoxy) is 1. The monoisotopic (exact) mass is 494 g/mol. The molecule has 0 aliphatic heterocycles. The van der Waals surface area contributed by atoms with Crippen molar-refractivity contribution >= 4 is 13.8 Å². The molecule has 0 spiro atoms. The summed E-state index contributed by atoms with van der Waals surface area (Å²) in [5.74, 6) is -0.208. The number of unbranched alkanes of at least 4 members (excludes halogenated alkanes) is 13. The highest BCUT2D eigenvalue weighted by molar-refractivity contribution is 7.47. The number of phosphoric acid groups is 1. The van der Waals surface area contributed by atoms with Crippen LogP contribution < -0.4 is 0 Å². The Labute approximate surface area is 203 Å². The highest BCUT2D eigenvalue weighted by Gasteiger charge is 2.22. The number of hydrogen-bond acceptors (Lipinski definition) is 5. The molecule has 0 saturated carbocycles. The third-order valence-electron chi connectivity index (χ3n) is 5.56. The molecule has 0 heterocycles. The fourth-order valence-corrected chi connectivity index (χ4v) is 4.17. The zero-order valence-electron chi connectivity index (χ0n) is 22.0. The Morgan fingerprint density at radius 3 is 1.64 bits per heavy atom. The Hall–Kier alpha value is -0.460. The summed E-state index contributed by atoms with van der Waals surface area (Å²) in [7, 11) is 1.88. The van der Waals surface area contributed by atoms with Crippen LogP contribution in [0.15, 0.2) is 0 Å². The number of carbonyl (C=O) groups is 1. The van der Waals surface area contributed by atoms with Crippen molar-refractivity contribution in [1.29, 1.82) is 0 Å². The van der Waals surface area contributed by atoms with Gasteiger partial charge in [0.2, 0.25) is 0 Å². The molecule has 7 nitrogen and oxygen atoms in total. The number of likely N-dealkylation sites (N-methyl/N-ethyl adjacent to an activating group) is 1. The standard InChI is InChI=1S/C25H52NO6P/c1-5-6-7-8-9-10-11-12-13-14-15-16-17-18-20-25(27)30-22-19-23-31-33(28,29)32-24-21-26(2,3)4/h5-24H2,1-4H3/p+1. The summed E-state index contributed by atoms with van der Waals surface area (Å²) in [6.45, 7) is 3.22. The average molecular weight is 495 g/mol. The summed E-state index contributed by atoms with van der Waals surface area (Å²) in [5.41, 5.74) is 0. The van der Waals surface area contributed by atoms with Gasteiger partial charge in [-0.05, 0) is 6.42 Å². The minimum absolute atomic E-state index is 0.0181. The maximum Gasteiger partial charge on any atom is 0.472 e. The van der Waals surface area contributed by atoms with E-state index in [-0.39, 0.29) is 25.8 Å². The predicted octanol–water partition coefficient (Wildman–Crippen LogP) is 6.63. The summed E-state index contributed by atoms with van der Waals surface area (Å²) in [4.78, 5) is 21.4. The number of hydrogen-bond donors (Lipinski definition) is 1. The van der Waals surface area contributed by atoms with Crippen molar-refractivity contribution in [2.24, 2.45) is 0 Å². The normalized spacial score (nSPS) is 13.7. The lowest BCUT2D eigenvalue weighted by molar-refractivity contribution is -0.870. The molecule has 0 rings (SSSR count). The minimum atomic E-state index is -4.04. The van der Waals surface area contributed by atoms with Crippen LogP contribution in [-0.4, -0.2) is 62.9 Å². The second kappa shape index (κ2) is 20.9. The lowest BCUT2D eigenvalue weighted by Crippen LogP contribution is -2.37. The first-order chi connectivity index (χ1) is 15.7. The van der Waals surface area contributed by atoms with Crippen molar-refractivity contribution in [2.45, 2.75) is 110 Å². The number of carbonyl (C=O) groups excluding carboxylic acids is 1. The summed E-state index contributed by atoms with van der Waals surface area (Å²) >= 11 is 0. The molecular weight excluding hydrogens is 441 g/mol. The number of esters is 1. The first-order valence-corrected chi connectivity index (χ1v) is 14.7. The third-order valence-corrected chi connectivity index (χ3v) is 6.57. The zero-order chi connectivity index (χ0) is 24.8. The van der Waals surface area contributed by atoms with E-state index in [9.17, 15) is 14.3 Å². The van der Waals surface area contributed by atoms with E-state index in [4.69, 9.17) is 13.8 Å². The van der Waals surface area contributed by atoms with Gasteiger partial charge in [-0.1, -0.05) is 90.4 Å². The molecule has 0 bridgehead atoms. The van der Waals surface area contributed by atoms with Crippen LogP contribution in [0, 0.1) is 0 Å². The van der Waals surface area contributed by atoms with Crippen molar-refractivity contribution in [2.75, 3.05) is 47.5 Å². The number of quaternary nitrogens is 1. The van der Waals surface area contributed by atoms with Crippen LogP contribution in [0.2, 0.25) is 0 Å². The van der Waals surface area contributed by atoms with Gasteiger partial charge in [0.05, 0.1) is 34.4 Å². The Morgan fingerprint density at radius 2 is 1.15 bits per heavy atom. The van der Waals surface area contributed by atoms with Crippen LogP contribution in [0.25, 0.3) is 0 Å². The van der Waals surface area contributed by atoms with Crippen LogP contribution in [0.3, 0.4) is 0 Å². The molecule has 0 aromatic heterocycles. The van der Waals surface area contributed by atoms with Crippen LogP contribution in [0.5, 0.6) is 0 Å². The van der Waals surface area contributed by atoms with E-state index in [2.05, 4.69) is 6.92 Å². The maximum atomic E-state index is 11.8. The van der Waals surface area contributed by atoms with Crippen molar-refractivity contribution in [3.63, 3.8) is 0 Å². The Bertz CT molecular complexity index is 510. The largest absolute Gasteiger partial charge is 0.472 e. The van der Waals surface area contributed by atoms with Crippen molar-refractivity contribution in [3.05, 3.63) is 0 Å². The van der Waals surface area contributed by atoms with Gasteiger partial charge >= 0.3 is 13.8 Å². The fraction of sp³-hybridized carbons (Fsp3) is 0.960. The lowest BCUT2D eigenvalue weighted by atomic mass is 10.0. The van der Waals surface area contributed by atoms with Gasteiger partial charge in [-0.2, -0.15) is 0 Å². The quantitative estimate of drug-likeness (QED) is 0.0702.